The fourth-order valence-corrected chi connectivity index (χ4v) is 4.67. The second-order valence-corrected chi connectivity index (χ2v) is 9.86. The zero-order valence-corrected chi connectivity index (χ0v) is 20.7. The summed E-state index contributed by atoms with van der Waals surface area (Å²) >= 11 is 3.52. The van der Waals surface area contributed by atoms with Crippen LogP contribution >= 0.6 is 11.6 Å². The summed E-state index contributed by atoms with van der Waals surface area (Å²) in [5.74, 6) is -0.627. The Morgan fingerprint density at radius 2 is 2.00 bits per heavy atom. The van der Waals surface area contributed by atoms with Gasteiger partial charge in [-0.25, -0.2) is 9.29 Å². The topological polar surface area (TPSA) is 136 Å². The van der Waals surface area contributed by atoms with Crippen molar-refractivity contribution >= 4 is 45.8 Å². The minimum absolute atomic E-state index is 0.0149. The van der Waals surface area contributed by atoms with Gasteiger partial charge >= 0.3 is 5.97 Å². The molecule has 9 nitrogen and oxygen atoms in total. The molecule has 1 atom stereocenters. The highest BCUT2D eigenvalue weighted by Crippen LogP contribution is 2.44. The molecule has 1 saturated carbocycles. The summed E-state index contributed by atoms with van der Waals surface area (Å²) in [5.41, 5.74) is 2.75. The van der Waals surface area contributed by atoms with Gasteiger partial charge in [0.1, 0.15) is 5.76 Å². The van der Waals surface area contributed by atoms with E-state index in [1.54, 1.807) is 31.3 Å². The number of aliphatic carboxylic acids is 1. The normalized spacial score (nSPS) is 14.4. The molecule has 2 heterocycles. The number of hydrogen-bond donors (Lipinski definition) is 2. The lowest BCUT2D eigenvalue weighted by atomic mass is 10.0. The Hall–Kier alpha value is -2.79. The van der Waals surface area contributed by atoms with Gasteiger partial charge in [0.15, 0.2) is 0 Å². The number of pyridine rings is 1. The summed E-state index contributed by atoms with van der Waals surface area (Å²) in [6.07, 6.45) is 2.69. The Morgan fingerprint density at radius 3 is 2.60 bits per heavy atom. The number of amides is 1. The smallest absolute Gasteiger partial charge is 0.303 e. The number of carboxylic acid groups (broad SMARTS) is 1. The molecule has 3 aromatic rings. The highest BCUT2D eigenvalue weighted by molar-refractivity contribution is 7.76. The molecule has 0 radical (unpaired) electrons. The molecule has 1 amide bonds. The second kappa shape index (κ2) is 10.9. The van der Waals surface area contributed by atoms with Crippen molar-refractivity contribution in [1.82, 2.24) is 14.6 Å². The van der Waals surface area contributed by atoms with Crippen molar-refractivity contribution in [3.63, 3.8) is 0 Å². The first-order valence-corrected chi connectivity index (χ1v) is 12.7. The maximum atomic E-state index is 12.8. The van der Waals surface area contributed by atoms with Crippen LogP contribution in [0, 0.1) is 0 Å². The predicted octanol–water partition coefficient (Wildman–Crippen LogP) is 4.24. The predicted molar refractivity (Wildman–Crippen MR) is 131 cm³/mol. The van der Waals surface area contributed by atoms with Crippen molar-refractivity contribution in [1.29, 1.82) is 0 Å². The van der Waals surface area contributed by atoms with Gasteiger partial charge < -0.3 is 19.4 Å². The van der Waals surface area contributed by atoms with E-state index in [0.717, 1.165) is 18.4 Å². The summed E-state index contributed by atoms with van der Waals surface area (Å²) in [6, 6.07) is 8.82. The number of fused-ring (bicyclic) bond motifs is 1. The van der Waals surface area contributed by atoms with Crippen molar-refractivity contribution in [2.45, 2.75) is 44.6 Å². The molecule has 1 aliphatic rings. The molecule has 35 heavy (non-hydrogen) atoms. The van der Waals surface area contributed by atoms with Crippen molar-refractivity contribution in [2.75, 3.05) is 13.6 Å². The number of furan rings is 1. The van der Waals surface area contributed by atoms with Crippen LogP contribution in [0.1, 0.15) is 59.6 Å². The van der Waals surface area contributed by atoms with Gasteiger partial charge in [-0.05, 0) is 67.5 Å². The van der Waals surface area contributed by atoms with Crippen LogP contribution in [-0.2, 0) is 22.6 Å². The Kier molecular flexibility index (Phi) is 7.85. The molecule has 2 N–H and O–H groups in total. The third kappa shape index (κ3) is 5.90. The number of rotatable bonds is 11. The van der Waals surface area contributed by atoms with Crippen LogP contribution in [0.15, 0.2) is 34.7 Å². The largest absolute Gasteiger partial charge is 0.760 e. The summed E-state index contributed by atoms with van der Waals surface area (Å²) in [6.45, 7) is 0.224. The van der Waals surface area contributed by atoms with Crippen LogP contribution in [0.25, 0.3) is 22.4 Å². The number of aromatic nitrogens is 1. The van der Waals surface area contributed by atoms with Gasteiger partial charge in [0, 0.05) is 41.9 Å². The number of nitrogens with zero attached hydrogens (tertiary/aromatic N) is 2. The Balaban J connectivity index is 1.73. The first-order valence-electron chi connectivity index (χ1n) is 11.3. The summed E-state index contributed by atoms with van der Waals surface area (Å²) in [5, 5.41) is 12.6. The first kappa shape index (κ1) is 25.3. The minimum atomic E-state index is -2.50. The maximum absolute atomic E-state index is 12.8. The first-order chi connectivity index (χ1) is 16.8. The SMILES string of the molecule is CNC(=O)c1c(-c2ccc(Cl)cc2)oc2nc(CN(CCCCC(=O)O)S(=O)[O-])c(C3CC3)cc12. The molecule has 0 saturated heterocycles. The van der Waals surface area contributed by atoms with Crippen molar-refractivity contribution in [3.05, 3.63) is 52.2 Å². The van der Waals surface area contributed by atoms with Crippen LogP contribution in [0.4, 0.5) is 0 Å². The zero-order chi connectivity index (χ0) is 25.1. The number of carboxylic acids is 1. The van der Waals surface area contributed by atoms with Crippen molar-refractivity contribution < 1.29 is 27.9 Å². The molecular formula is C24H25ClN3O6S-. The van der Waals surface area contributed by atoms with Gasteiger partial charge in [0.25, 0.3) is 5.91 Å². The molecule has 0 spiro atoms. The summed E-state index contributed by atoms with van der Waals surface area (Å²) in [4.78, 5) is 28.3. The lowest BCUT2D eigenvalue weighted by molar-refractivity contribution is -0.137. The molecule has 2 aromatic heterocycles. The van der Waals surface area contributed by atoms with E-state index in [1.165, 1.54) is 4.31 Å². The lowest BCUT2D eigenvalue weighted by Gasteiger charge is -2.24. The van der Waals surface area contributed by atoms with Crippen molar-refractivity contribution in [2.24, 2.45) is 0 Å². The van der Waals surface area contributed by atoms with Gasteiger partial charge in [0.05, 0.1) is 23.2 Å². The summed E-state index contributed by atoms with van der Waals surface area (Å²) < 4.78 is 31.1. The standard InChI is InChI=1S/C24H26ClN3O6S/c1-26-23(31)21-18-12-17(14-5-6-14)19(13-28(35(32)33)11-3-2-4-20(29)30)27-24(18)34-22(21)15-7-9-16(25)10-8-15/h7-10,12,14H,2-6,11,13H2,1H3,(H,26,31)(H,29,30)(H,32,33)/p-1. The highest BCUT2D eigenvalue weighted by Gasteiger charge is 2.31. The van der Waals surface area contributed by atoms with E-state index in [2.05, 4.69) is 10.3 Å². The van der Waals surface area contributed by atoms with Crippen LogP contribution in [0.5, 0.6) is 0 Å². The number of nitrogens with one attached hydrogen (secondary N) is 1. The summed E-state index contributed by atoms with van der Waals surface area (Å²) in [7, 11) is 1.54. The molecule has 4 rings (SSSR count). The number of benzene rings is 1. The molecule has 1 fully saturated rings. The number of halogens is 1. The highest BCUT2D eigenvalue weighted by atomic mass is 35.5. The maximum Gasteiger partial charge on any atom is 0.303 e. The number of carbonyl (C=O) groups is 2. The minimum Gasteiger partial charge on any atom is -0.760 e. The fraction of sp³-hybridized carbons (Fsp3) is 0.375. The van der Waals surface area contributed by atoms with Gasteiger partial charge in [-0.2, -0.15) is 0 Å². The van der Waals surface area contributed by atoms with Crippen LogP contribution < -0.4 is 5.32 Å². The number of carbonyl (C=O) groups excluding carboxylic acids is 1. The quantitative estimate of drug-likeness (QED) is 0.286. The van der Waals surface area contributed by atoms with Crippen molar-refractivity contribution in [3.8, 4) is 11.3 Å². The Labute approximate surface area is 209 Å². The van der Waals surface area contributed by atoms with Crippen LogP contribution in [0.3, 0.4) is 0 Å². The van der Waals surface area contributed by atoms with E-state index in [4.69, 9.17) is 21.1 Å². The average molecular weight is 519 g/mol. The Bertz CT molecular complexity index is 1270. The van der Waals surface area contributed by atoms with E-state index in [-0.39, 0.29) is 37.0 Å². The molecule has 0 aliphatic heterocycles. The van der Waals surface area contributed by atoms with E-state index in [1.807, 2.05) is 6.07 Å². The fourth-order valence-electron chi connectivity index (χ4n) is 4.04. The Morgan fingerprint density at radius 1 is 1.29 bits per heavy atom. The lowest BCUT2D eigenvalue weighted by Crippen LogP contribution is -2.27. The molecule has 1 aliphatic carbocycles. The van der Waals surface area contributed by atoms with Gasteiger partial charge in [-0.15, -0.1) is 0 Å². The van der Waals surface area contributed by atoms with Gasteiger partial charge in [0.2, 0.25) is 5.71 Å². The molecule has 11 heteroatoms. The van der Waals surface area contributed by atoms with E-state index in [0.29, 0.717) is 45.8 Å². The monoisotopic (exact) mass is 518 g/mol. The van der Waals surface area contributed by atoms with Crippen LogP contribution in [-0.4, -0.2) is 48.6 Å². The molecular weight excluding hydrogens is 494 g/mol. The third-order valence-corrected chi connectivity index (χ3v) is 6.94. The van der Waals surface area contributed by atoms with Gasteiger partial charge in [-0.3, -0.25) is 13.8 Å². The molecule has 186 valence electrons. The van der Waals surface area contributed by atoms with E-state index < -0.39 is 17.2 Å². The molecule has 0 bridgehead atoms. The number of hydrogen-bond acceptors (Lipinski definition) is 6. The van der Waals surface area contributed by atoms with E-state index in [9.17, 15) is 18.4 Å². The zero-order valence-electron chi connectivity index (χ0n) is 19.1. The second-order valence-electron chi connectivity index (χ2n) is 8.47. The average Bonchev–Trinajstić information content (AvgIpc) is 3.60. The van der Waals surface area contributed by atoms with E-state index >= 15 is 0 Å². The number of unbranched alkanes of at least 4 members (excludes halogenated alkanes) is 1. The van der Waals surface area contributed by atoms with Gasteiger partial charge in [-0.1, -0.05) is 11.6 Å². The van der Waals surface area contributed by atoms with Crippen LogP contribution in [0.2, 0.25) is 5.02 Å². The molecule has 1 unspecified atom stereocenters. The third-order valence-electron chi connectivity index (χ3n) is 5.96. The molecule has 1 aromatic carbocycles.